The van der Waals surface area contributed by atoms with Crippen LogP contribution in [0.15, 0.2) is 12.3 Å². The molecule has 1 atom stereocenters. The van der Waals surface area contributed by atoms with Crippen LogP contribution in [0, 0.1) is 0 Å². The summed E-state index contributed by atoms with van der Waals surface area (Å²) in [7, 11) is 0. The third kappa shape index (κ3) is 3.75. The molecule has 1 amide bonds. The van der Waals surface area contributed by atoms with E-state index in [-0.39, 0.29) is 30.0 Å². The molecule has 0 aliphatic carbocycles. The van der Waals surface area contributed by atoms with Crippen molar-refractivity contribution < 1.29 is 19.1 Å². The molecule has 120 valence electrons. The Morgan fingerprint density at radius 2 is 2.14 bits per heavy atom. The second-order valence-corrected chi connectivity index (χ2v) is 5.58. The number of carbonyl (C=O) groups excluding carboxylic acids is 3. The monoisotopic (exact) mass is 306 g/mol. The van der Waals surface area contributed by atoms with Gasteiger partial charge in [0.15, 0.2) is 12.4 Å². The zero-order valence-electron chi connectivity index (χ0n) is 13.1. The molecule has 0 spiro atoms. The number of aromatic nitrogens is 1. The number of piperidine rings is 1. The van der Waals surface area contributed by atoms with Gasteiger partial charge in [0.2, 0.25) is 0 Å². The van der Waals surface area contributed by atoms with Gasteiger partial charge < -0.3 is 14.6 Å². The van der Waals surface area contributed by atoms with Crippen molar-refractivity contribution >= 4 is 17.7 Å². The summed E-state index contributed by atoms with van der Waals surface area (Å²) < 4.78 is 5.06. The topological polar surface area (TPSA) is 79.5 Å². The molecular formula is C16H22N2O4. The number of amides is 1. The van der Waals surface area contributed by atoms with Gasteiger partial charge in [0.05, 0.1) is 0 Å². The van der Waals surface area contributed by atoms with Gasteiger partial charge in [0, 0.05) is 24.3 Å². The van der Waals surface area contributed by atoms with Gasteiger partial charge in [-0.05, 0) is 38.7 Å². The first-order valence-corrected chi connectivity index (χ1v) is 7.69. The molecule has 0 bridgehead atoms. The van der Waals surface area contributed by atoms with Crippen molar-refractivity contribution in [1.29, 1.82) is 0 Å². The number of ketones is 1. The normalized spacial score (nSPS) is 18.1. The lowest BCUT2D eigenvalue weighted by atomic mass is 10.00. The average molecular weight is 306 g/mol. The van der Waals surface area contributed by atoms with Crippen molar-refractivity contribution in [2.45, 2.75) is 45.6 Å². The van der Waals surface area contributed by atoms with Gasteiger partial charge in [-0.1, -0.05) is 6.92 Å². The van der Waals surface area contributed by atoms with Crippen molar-refractivity contribution in [3.05, 3.63) is 23.5 Å². The van der Waals surface area contributed by atoms with Crippen LogP contribution in [0.2, 0.25) is 0 Å². The van der Waals surface area contributed by atoms with E-state index < -0.39 is 5.97 Å². The van der Waals surface area contributed by atoms with Crippen LogP contribution in [0.25, 0.3) is 0 Å². The van der Waals surface area contributed by atoms with Crippen LogP contribution in [0.1, 0.15) is 60.4 Å². The first kappa shape index (κ1) is 16.3. The summed E-state index contributed by atoms with van der Waals surface area (Å²) in [5.41, 5.74) is 0.601. The van der Waals surface area contributed by atoms with E-state index in [2.05, 4.69) is 11.9 Å². The number of hydrogen-bond donors (Lipinski definition) is 1. The quantitative estimate of drug-likeness (QED) is 0.668. The molecule has 1 aromatic rings. The zero-order valence-corrected chi connectivity index (χ0v) is 13.1. The maximum atomic E-state index is 12.2. The third-order valence-electron chi connectivity index (χ3n) is 4.05. The minimum atomic E-state index is -0.620. The molecule has 0 radical (unpaired) electrons. The minimum absolute atomic E-state index is 0.134. The molecule has 1 aromatic heterocycles. The zero-order chi connectivity index (χ0) is 16.1. The van der Waals surface area contributed by atoms with Crippen LogP contribution in [0.5, 0.6) is 0 Å². The van der Waals surface area contributed by atoms with Crippen LogP contribution < -0.4 is 0 Å². The largest absolute Gasteiger partial charge is 0.451 e. The van der Waals surface area contributed by atoms with E-state index in [9.17, 15) is 14.4 Å². The predicted octanol–water partition coefficient (Wildman–Crippen LogP) is 2.17. The summed E-state index contributed by atoms with van der Waals surface area (Å²) >= 11 is 0. The molecule has 0 saturated carbocycles. The molecule has 0 aromatic carbocycles. The van der Waals surface area contributed by atoms with Gasteiger partial charge in [-0.2, -0.15) is 0 Å². The molecule has 22 heavy (non-hydrogen) atoms. The summed E-state index contributed by atoms with van der Waals surface area (Å²) in [5, 5.41) is 0. The molecule has 1 aliphatic heterocycles. The molecule has 6 nitrogen and oxygen atoms in total. The Morgan fingerprint density at radius 3 is 2.77 bits per heavy atom. The second kappa shape index (κ2) is 7.24. The van der Waals surface area contributed by atoms with E-state index in [1.807, 2.05) is 4.90 Å². The number of ether oxygens (including phenoxy) is 1. The summed E-state index contributed by atoms with van der Waals surface area (Å²) in [4.78, 5) is 39.8. The first-order chi connectivity index (χ1) is 10.5. The van der Waals surface area contributed by atoms with Crippen molar-refractivity contribution in [2.24, 2.45) is 0 Å². The highest BCUT2D eigenvalue weighted by Gasteiger charge is 2.26. The van der Waals surface area contributed by atoms with Crippen molar-refractivity contribution in [1.82, 2.24) is 9.88 Å². The van der Waals surface area contributed by atoms with E-state index in [0.717, 1.165) is 32.2 Å². The molecular weight excluding hydrogens is 284 g/mol. The number of esters is 1. The average Bonchev–Trinajstić information content (AvgIpc) is 3.02. The fourth-order valence-electron chi connectivity index (χ4n) is 2.76. The smallest absolute Gasteiger partial charge is 0.355 e. The number of carbonyl (C=O) groups is 3. The van der Waals surface area contributed by atoms with Gasteiger partial charge in [-0.3, -0.25) is 9.59 Å². The maximum absolute atomic E-state index is 12.2. The first-order valence-electron chi connectivity index (χ1n) is 7.69. The number of nitrogens with one attached hydrogen (secondary N) is 1. The van der Waals surface area contributed by atoms with Crippen LogP contribution in [-0.2, 0) is 9.53 Å². The lowest BCUT2D eigenvalue weighted by Gasteiger charge is -2.35. The molecule has 1 fully saturated rings. The summed E-state index contributed by atoms with van der Waals surface area (Å²) in [5.74, 6) is -0.908. The lowest BCUT2D eigenvalue weighted by Crippen LogP contribution is -2.45. The second-order valence-electron chi connectivity index (χ2n) is 5.58. The van der Waals surface area contributed by atoms with Gasteiger partial charge >= 0.3 is 5.97 Å². The molecule has 1 saturated heterocycles. The molecule has 6 heteroatoms. The van der Waals surface area contributed by atoms with Crippen LogP contribution in [0.3, 0.4) is 0 Å². The molecule has 2 heterocycles. The van der Waals surface area contributed by atoms with Crippen molar-refractivity contribution in [2.75, 3.05) is 13.2 Å². The maximum Gasteiger partial charge on any atom is 0.355 e. The fourth-order valence-corrected chi connectivity index (χ4v) is 2.76. The van der Waals surface area contributed by atoms with Gasteiger partial charge in [0.1, 0.15) is 5.69 Å². The minimum Gasteiger partial charge on any atom is -0.451 e. The van der Waals surface area contributed by atoms with Crippen molar-refractivity contribution in [3.8, 4) is 0 Å². The fraction of sp³-hybridized carbons (Fsp3) is 0.562. The number of aromatic amines is 1. The van der Waals surface area contributed by atoms with E-state index in [1.165, 1.54) is 19.2 Å². The van der Waals surface area contributed by atoms with Gasteiger partial charge in [-0.25, -0.2) is 4.79 Å². The highest BCUT2D eigenvalue weighted by molar-refractivity contribution is 5.97. The highest BCUT2D eigenvalue weighted by Crippen LogP contribution is 2.19. The third-order valence-corrected chi connectivity index (χ3v) is 4.05. The molecule has 1 unspecified atom stereocenters. The summed E-state index contributed by atoms with van der Waals surface area (Å²) in [6.45, 7) is 3.95. The Labute approximate surface area is 129 Å². The van der Waals surface area contributed by atoms with Gasteiger partial charge in [-0.15, -0.1) is 0 Å². The Morgan fingerprint density at radius 1 is 1.36 bits per heavy atom. The van der Waals surface area contributed by atoms with E-state index in [1.54, 1.807) is 0 Å². The van der Waals surface area contributed by atoms with Gasteiger partial charge in [0.25, 0.3) is 5.91 Å². The van der Waals surface area contributed by atoms with Crippen LogP contribution in [0.4, 0.5) is 0 Å². The highest BCUT2D eigenvalue weighted by atomic mass is 16.5. The Balaban J connectivity index is 1.89. The summed E-state index contributed by atoms with van der Waals surface area (Å²) in [6, 6.07) is 1.68. The molecule has 1 aliphatic rings. The van der Waals surface area contributed by atoms with Crippen molar-refractivity contribution in [3.63, 3.8) is 0 Å². The Kier molecular flexibility index (Phi) is 5.35. The van der Waals surface area contributed by atoms with E-state index in [4.69, 9.17) is 4.74 Å². The number of H-pyrrole nitrogens is 1. The number of nitrogens with zero attached hydrogens (tertiary/aromatic N) is 1. The van der Waals surface area contributed by atoms with E-state index >= 15 is 0 Å². The summed E-state index contributed by atoms with van der Waals surface area (Å²) in [6.07, 6.45) is 5.51. The lowest BCUT2D eigenvalue weighted by molar-refractivity contribution is -0.138. The Hall–Kier alpha value is -2.11. The predicted molar refractivity (Wildman–Crippen MR) is 80.7 cm³/mol. The number of Topliss-reactive ketones (excluding diaryl/α,β-unsaturated/α-hetero) is 1. The van der Waals surface area contributed by atoms with E-state index in [0.29, 0.717) is 5.56 Å². The van der Waals surface area contributed by atoms with Crippen LogP contribution >= 0.6 is 0 Å². The standard InChI is InChI=1S/C16H22N2O4/c1-3-13-6-4-5-7-18(13)15(20)10-22-16(21)14-8-12(9-17-14)11(2)19/h8-9,13,17H,3-7,10H2,1-2H3. The van der Waals surface area contributed by atoms with Crippen LogP contribution in [-0.4, -0.2) is 46.7 Å². The number of rotatable bonds is 5. The number of likely N-dealkylation sites (tertiary alicyclic amines) is 1. The molecule has 2 rings (SSSR count). The Bertz CT molecular complexity index is 564. The number of hydrogen-bond acceptors (Lipinski definition) is 4. The molecule has 1 N–H and O–H groups in total. The SMILES string of the molecule is CCC1CCCCN1C(=O)COC(=O)c1cc(C(C)=O)c[nH]1.